The van der Waals surface area contributed by atoms with Crippen molar-refractivity contribution in [2.45, 2.75) is 12.8 Å². The molecule has 0 spiro atoms. The highest BCUT2D eigenvalue weighted by atomic mass is 16.5. The zero-order chi connectivity index (χ0) is 27.3. The molecule has 0 atom stereocenters. The minimum Gasteiger partial charge on any atom is -0.497 e. The highest BCUT2D eigenvalue weighted by Crippen LogP contribution is 2.27. The second kappa shape index (κ2) is 11.6. The number of amides is 1. The number of benzene rings is 3. The number of aromatic nitrogens is 3. The molecule has 1 aliphatic rings. The second-order valence-electron chi connectivity index (χ2n) is 9.89. The molecule has 0 bridgehead atoms. The van der Waals surface area contributed by atoms with E-state index in [1.807, 2.05) is 36.4 Å². The van der Waals surface area contributed by atoms with Crippen LogP contribution < -0.4 is 20.3 Å². The predicted molar refractivity (Wildman–Crippen MR) is 158 cm³/mol. The number of para-hydroxylation sites is 2. The van der Waals surface area contributed by atoms with Crippen molar-refractivity contribution in [2.24, 2.45) is 0 Å². The molecule has 1 saturated heterocycles. The van der Waals surface area contributed by atoms with E-state index in [2.05, 4.69) is 57.0 Å². The van der Waals surface area contributed by atoms with Gasteiger partial charge in [0.05, 0.1) is 24.7 Å². The van der Waals surface area contributed by atoms with Gasteiger partial charge in [-0.15, -0.1) is 0 Å². The molecule has 0 aliphatic carbocycles. The van der Waals surface area contributed by atoms with Gasteiger partial charge in [0.1, 0.15) is 11.4 Å². The number of carbonyl (C=O) groups excluding carboxylic acids is 1. The quantitative estimate of drug-likeness (QED) is 0.297. The molecule has 2 aromatic heterocycles. The van der Waals surface area contributed by atoms with Crippen LogP contribution in [0.3, 0.4) is 0 Å². The lowest BCUT2D eigenvalue weighted by atomic mass is 10.0. The third-order valence-corrected chi connectivity index (χ3v) is 7.34. The largest absolute Gasteiger partial charge is 0.497 e. The minimum atomic E-state index is -0.244. The molecule has 202 valence electrons. The predicted octanol–water partition coefficient (Wildman–Crippen LogP) is 4.85. The van der Waals surface area contributed by atoms with Gasteiger partial charge in [-0.1, -0.05) is 48.5 Å². The molecule has 6 rings (SSSR count). The van der Waals surface area contributed by atoms with Gasteiger partial charge in [0.2, 0.25) is 0 Å². The fourth-order valence-corrected chi connectivity index (χ4v) is 5.08. The molecule has 40 heavy (non-hydrogen) atoms. The van der Waals surface area contributed by atoms with E-state index in [1.165, 1.54) is 11.1 Å². The van der Waals surface area contributed by atoms with Crippen molar-refractivity contribution in [1.82, 2.24) is 19.9 Å². The lowest BCUT2D eigenvalue weighted by molar-refractivity contribution is 0.102. The van der Waals surface area contributed by atoms with Crippen LogP contribution in [0.1, 0.15) is 21.6 Å². The van der Waals surface area contributed by atoms with Gasteiger partial charge in [-0.3, -0.25) is 4.79 Å². The summed E-state index contributed by atoms with van der Waals surface area (Å²) in [4.78, 5) is 20.3. The zero-order valence-corrected chi connectivity index (χ0v) is 22.5. The monoisotopic (exact) mass is 532 g/mol. The first-order valence-corrected chi connectivity index (χ1v) is 13.6. The van der Waals surface area contributed by atoms with Crippen LogP contribution >= 0.6 is 0 Å². The summed E-state index contributed by atoms with van der Waals surface area (Å²) in [5.41, 5.74) is 7.24. The fraction of sp³-hybridized carbons (Fsp3) is 0.219. The van der Waals surface area contributed by atoms with E-state index in [0.29, 0.717) is 11.3 Å². The van der Waals surface area contributed by atoms with Gasteiger partial charge in [-0.05, 0) is 59.9 Å². The molecule has 8 nitrogen and oxygen atoms in total. The van der Waals surface area contributed by atoms with E-state index < -0.39 is 0 Å². The molecule has 1 aliphatic heterocycles. The van der Waals surface area contributed by atoms with Gasteiger partial charge >= 0.3 is 0 Å². The lowest BCUT2D eigenvalue weighted by Gasteiger charge is -2.31. The standard InChI is InChI=1S/C32H32N6O2/c1-40-26-14-10-24(11-15-26)7-6-23-8-12-25(13-9-23)27-22-34-38-19-16-29(35-31(27)38)32(39)36-28-4-2-3-5-30(28)37-20-17-33-18-21-37/h2-5,8-16,19,22,33H,6-7,17-18,20-21H2,1H3,(H,36,39). The fourth-order valence-electron chi connectivity index (χ4n) is 5.08. The highest BCUT2D eigenvalue weighted by molar-refractivity contribution is 6.05. The smallest absolute Gasteiger partial charge is 0.274 e. The zero-order valence-electron chi connectivity index (χ0n) is 22.5. The Hall–Kier alpha value is -4.69. The summed E-state index contributed by atoms with van der Waals surface area (Å²) in [5, 5.41) is 10.9. The maximum atomic E-state index is 13.3. The van der Waals surface area contributed by atoms with E-state index >= 15 is 0 Å². The molecule has 5 aromatic rings. The van der Waals surface area contributed by atoms with Crippen LogP contribution in [-0.2, 0) is 12.8 Å². The van der Waals surface area contributed by atoms with E-state index in [4.69, 9.17) is 9.72 Å². The van der Waals surface area contributed by atoms with Crippen molar-refractivity contribution in [3.63, 3.8) is 0 Å². The van der Waals surface area contributed by atoms with Gasteiger partial charge in [-0.25, -0.2) is 9.50 Å². The third kappa shape index (κ3) is 5.53. The maximum Gasteiger partial charge on any atom is 0.274 e. The Bertz CT molecular complexity index is 1610. The van der Waals surface area contributed by atoms with E-state index in [9.17, 15) is 4.79 Å². The van der Waals surface area contributed by atoms with Gasteiger partial charge in [0.25, 0.3) is 5.91 Å². The number of aryl methyl sites for hydroxylation is 2. The number of rotatable bonds is 8. The number of nitrogens with one attached hydrogen (secondary N) is 2. The van der Waals surface area contributed by atoms with Crippen molar-refractivity contribution in [2.75, 3.05) is 43.5 Å². The van der Waals surface area contributed by atoms with Crippen molar-refractivity contribution in [3.05, 3.63) is 108 Å². The SMILES string of the molecule is COc1ccc(CCc2ccc(-c3cnn4ccc(C(=O)Nc5ccccc5N5CCNCC5)nc34)cc2)cc1. The Morgan fingerprint density at radius 2 is 1.62 bits per heavy atom. The van der Waals surface area contributed by atoms with Gasteiger partial charge < -0.3 is 20.3 Å². The number of hydrogen-bond acceptors (Lipinski definition) is 6. The van der Waals surface area contributed by atoms with Crippen molar-refractivity contribution in [3.8, 4) is 16.9 Å². The van der Waals surface area contributed by atoms with Gasteiger partial charge in [-0.2, -0.15) is 5.10 Å². The molecule has 0 unspecified atom stereocenters. The van der Waals surface area contributed by atoms with Crippen LogP contribution in [0.5, 0.6) is 5.75 Å². The van der Waals surface area contributed by atoms with Crippen molar-refractivity contribution in [1.29, 1.82) is 0 Å². The number of piperazine rings is 1. The Balaban J connectivity index is 1.18. The number of methoxy groups -OCH3 is 1. The molecular formula is C32H32N6O2. The third-order valence-electron chi connectivity index (χ3n) is 7.34. The summed E-state index contributed by atoms with van der Waals surface area (Å²) in [6, 6.07) is 26.3. The molecule has 3 heterocycles. The summed E-state index contributed by atoms with van der Waals surface area (Å²) >= 11 is 0. The molecule has 1 amide bonds. The first-order chi connectivity index (χ1) is 19.7. The van der Waals surface area contributed by atoms with E-state index in [1.54, 1.807) is 30.1 Å². The summed E-state index contributed by atoms with van der Waals surface area (Å²) in [5.74, 6) is 0.627. The van der Waals surface area contributed by atoms with Crippen molar-refractivity contribution < 1.29 is 9.53 Å². The first-order valence-electron chi connectivity index (χ1n) is 13.6. The Morgan fingerprint density at radius 1 is 0.925 bits per heavy atom. The van der Waals surface area contributed by atoms with E-state index in [0.717, 1.165) is 67.3 Å². The Kier molecular flexibility index (Phi) is 7.41. The molecule has 3 aromatic carbocycles. The maximum absolute atomic E-state index is 13.3. The summed E-state index contributed by atoms with van der Waals surface area (Å²) in [7, 11) is 1.68. The first kappa shape index (κ1) is 25.6. The Morgan fingerprint density at radius 3 is 2.35 bits per heavy atom. The average Bonchev–Trinajstić information content (AvgIpc) is 3.44. The van der Waals surface area contributed by atoms with Crippen LogP contribution in [0.25, 0.3) is 16.8 Å². The number of carbonyl (C=O) groups is 1. The normalized spacial score (nSPS) is 13.4. The van der Waals surface area contributed by atoms with Crippen LogP contribution in [0, 0.1) is 0 Å². The number of hydrogen-bond donors (Lipinski definition) is 2. The molecule has 0 saturated carbocycles. The number of anilines is 2. The highest BCUT2D eigenvalue weighted by Gasteiger charge is 2.18. The van der Waals surface area contributed by atoms with E-state index in [-0.39, 0.29) is 5.91 Å². The molecule has 8 heteroatoms. The van der Waals surface area contributed by atoms with Gasteiger partial charge in [0, 0.05) is 37.9 Å². The summed E-state index contributed by atoms with van der Waals surface area (Å²) in [6.45, 7) is 3.65. The van der Waals surface area contributed by atoms with Crippen LogP contribution in [-0.4, -0.2) is 53.8 Å². The molecule has 2 N–H and O–H groups in total. The Labute approximate surface area is 233 Å². The van der Waals surface area contributed by atoms with Crippen LogP contribution in [0.4, 0.5) is 11.4 Å². The number of nitrogens with zero attached hydrogens (tertiary/aromatic N) is 4. The van der Waals surface area contributed by atoms with Gasteiger partial charge in [0.15, 0.2) is 5.65 Å². The van der Waals surface area contributed by atoms with Crippen LogP contribution in [0.2, 0.25) is 0 Å². The average molecular weight is 533 g/mol. The number of fused-ring (bicyclic) bond motifs is 1. The van der Waals surface area contributed by atoms with Crippen molar-refractivity contribution >= 4 is 22.9 Å². The minimum absolute atomic E-state index is 0.244. The number of ether oxygens (including phenoxy) is 1. The summed E-state index contributed by atoms with van der Waals surface area (Å²) < 4.78 is 6.95. The molecule has 1 fully saturated rings. The summed E-state index contributed by atoms with van der Waals surface area (Å²) in [6.07, 6.45) is 5.49. The molecule has 0 radical (unpaired) electrons. The molecular weight excluding hydrogens is 500 g/mol. The lowest BCUT2D eigenvalue weighted by Crippen LogP contribution is -2.43. The topological polar surface area (TPSA) is 83.8 Å². The van der Waals surface area contributed by atoms with Crippen LogP contribution in [0.15, 0.2) is 91.3 Å². The second-order valence-corrected chi connectivity index (χ2v) is 9.89.